The van der Waals surface area contributed by atoms with Gasteiger partial charge in [0.25, 0.3) is 0 Å². The number of fused-ring (bicyclic) bond motifs is 1. The summed E-state index contributed by atoms with van der Waals surface area (Å²) in [4.78, 5) is 2.52. The molecule has 2 atom stereocenters. The van der Waals surface area contributed by atoms with Crippen LogP contribution in [0, 0.1) is 0 Å². The molecule has 1 unspecified atom stereocenters. The Balaban J connectivity index is 1.78. The molecule has 2 heteroatoms. The lowest BCUT2D eigenvalue weighted by Crippen LogP contribution is -2.27. The number of hydrogen-bond acceptors (Lipinski definition) is 2. The maximum atomic E-state index is 5.87. The Hall–Kier alpha value is -1.02. The zero-order valence-corrected chi connectivity index (χ0v) is 12.4. The number of benzene rings is 1. The molecule has 0 saturated carbocycles. The Morgan fingerprint density at radius 3 is 2.89 bits per heavy atom. The average Bonchev–Trinajstić information content (AvgIpc) is 2.97. The van der Waals surface area contributed by atoms with Crippen molar-refractivity contribution in [1.82, 2.24) is 4.90 Å². The highest BCUT2D eigenvalue weighted by Crippen LogP contribution is 2.39. The van der Waals surface area contributed by atoms with Gasteiger partial charge in [-0.2, -0.15) is 0 Å². The fourth-order valence-corrected chi connectivity index (χ4v) is 3.46. The number of likely N-dealkylation sites (tertiary alicyclic amines) is 1. The van der Waals surface area contributed by atoms with Gasteiger partial charge in [0.2, 0.25) is 0 Å². The van der Waals surface area contributed by atoms with Crippen LogP contribution < -0.4 is 4.74 Å². The Kier molecular flexibility index (Phi) is 3.53. The van der Waals surface area contributed by atoms with Crippen LogP contribution in [-0.2, 0) is 0 Å². The third kappa shape index (κ3) is 2.51. The van der Waals surface area contributed by atoms with Crippen molar-refractivity contribution in [3.05, 3.63) is 29.3 Å². The van der Waals surface area contributed by atoms with E-state index >= 15 is 0 Å². The van der Waals surface area contributed by atoms with Gasteiger partial charge in [0.15, 0.2) is 0 Å². The Morgan fingerprint density at radius 2 is 2.21 bits per heavy atom. The van der Waals surface area contributed by atoms with Crippen molar-refractivity contribution < 1.29 is 4.74 Å². The molecule has 2 aliphatic heterocycles. The molecule has 0 bridgehead atoms. The molecule has 1 saturated heterocycles. The highest BCUT2D eigenvalue weighted by Gasteiger charge is 2.30. The summed E-state index contributed by atoms with van der Waals surface area (Å²) in [5.41, 5.74) is 2.89. The van der Waals surface area contributed by atoms with Crippen molar-refractivity contribution in [2.24, 2.45) is 0 Å². The van der Waals surface area contributed by atoms with E-state index in [9.17, 15) is 0 Å². The predicted octanol–water partition coefficient (Wildman–Crippen LogP) is 3.77. The quantitative estimate of drug-likeness (QED) is 0.819. The maximum absolute atomic E-state index is 5.87. The second-order valence-electron chi connectivity index (χ2n) is 6.47. The molecule has 2 nitrogen and oxygen atoms in total. The van der Waals surface area contributed by atoms with Gasteiger partial charge in [-0.05, 0) is 50.4 Å². The molecule has 3 rings (SSSR count). The lowest BCUT2D eigenvalue weighted by molar-refractivity contribution is 0.257. The highest BCUT2D eigenvalue weighted by molar-refractivity contribution is 5.43. The van der Waals surface area contributed by atoms with Crippen LogP contribution in [-0.4, -0.2) is 31.1 Å². The minimum absolute atomic E-state index is 0.597. The highest BCUT2D eigenvalue weighted by atomic mass is 16.5. The van der Waals surface area contributed by atoms with Crippen molar-refractivity contribution in [1.29, 1.82) is 0 Å². The van der Waals surface area contributed by atoms with Crippen LogP contribution in [0.3, 0.4) is 0 Å². The molecule has 19 heavy (non-hydrogen) atoms. The van der Waals surface area contributed by atoms with E-state index in [4.69, 9.17) is 4.74 Å². The van der Waals surface area contributed by atoms with Gasteiger partial charge >= 0.3 is 0 Å². The average molecular weight is 259 g/mol. The second kappa shape index (κ2) is 5.16. The third-order valence-corrected chi connectivity index (χ3v) is 4.81. The zero-order valence-electron chi connectivity index (χ0n) is 12.4. The summed E-state index contributed by atoms with van der Waals surface area (Å²) in [5.74, 6) is 2.31. The van der Waals surface area contributed by atoms with E-state index in [0.29, 0.717) is 11.8 Å². The van der Waals surface area contributed by atoms with Gasteiger partial charge in [0.05, 0.1) is 6.61 Å². The summed E-state index contributed by atoms with van der Waals surface area (Å²) in [6.45, 7) is 6.66. The second-order valence-corrected chi connectivity index (χ2v) is 6.47. The molecule has 2 heterocycles. The van der Waals surface area contributed by atoms with E-state index < -0.39 is 0 Å². The Bertz CT molecular complexity index is 455. The minimum atomic E-state index is 0.597. The first kappa shape index (κ1) is 13.0. The van der Waals surface area contributed by atoms with Gasteiger partial charge in [0.1, 0.15) is 5.75 Å². The molecule has 0 N–H and O–H groups in total. The van der Waals surface area contributed by atoms with Gasteiger partial charge in [-0.15, -0.1) is 0 Å². The first-order valence-corrected chi connectivity index (χ1v) is 7.62. The Morgan fingerprint density at radius 1 is 1.37 bits per heavy atom. The molecule has 0 spiro atoms. The standard InChI is InChI=1S/C17H25NO/c1-12(2)13-6-7-17-16(10-13)14(11-19-17)9-15-5-4-8-18(15)3/h6-7,10,12,14-15H,4-5,8-9,11H2,1-3H3/t14?,15-/m1/s1. The van der Waals surface area contributed by atoms with E-state index in [1.807, 2.05) is 0 Å². The summed E-state index contributed by atoms with van der Waals surface area (Å²) in [7, 11) is 2.26. The van der Waals surface area contributed by atoms with Crippen molar-refractivity contribution in [2.45, 2.75) is 51.0 Å². The van der Waals surface area contributed by atoms with Crippen LogP contribution in [0.2, 0.25) is 0 Å². The summed E-state index contributed by atoms with van der Waals surface area (Å²) < 4.78 is 5.87. The number of ether oxygens (including phenoxy) is 1. The van der Waals surface area contributed by atoms with Gasteiger partial charge in [0, 0.05) is 17.5 Å². The van der Waals surface area contributed by atoms with Crippen LogP contribution in [0.25, 0.3) is 0 Å². The van der Waals surface area contributed by atoms with Crippen molar-refractivity contribution in [2.75, 3.05) is 20.2 Å². The van der Waals surface area contributed by atoms with Gasteiger partial charge < -0.3 is 9.64 Å². The number of hydrogen-bond donors (Lipinski definition) is 0. The molecular formula is C17H25NO. The fourth-order valence-electron chi connectivity index (χ4n) is 3.46. The summed E-state index contributed by atoms with van der Waals surface area (Å²) in [5, 5.41) is 0. The maximum Gasteiger partial charge on any atom is 0.122 e. The summed E-state index contributed by atoms with van der Waals surface area (Å²) in [6, 6.07) is 7.52. The van der Waals surface area contributed by atoms with Crippen LogP contribution in [0.1, 0.15) is 56.1 Å². The van der Waals surface area contributed by atoms with Crippen molar-refractivity contribution >= 4 is 0 Å². The summed E-state index contributed by atoms with van der Waals surface area (Å²) >= 11 is 0. The normalized spacial score (nSPS) is 26.7. The largest absolute Gasteiger partial charge is 0.493 e. The summed E-state index contributed by atoms with van der Waals surface area (Å²) in [6.07, 6.45) is 3.96. The molecule has 104 valence electrons. The molecule has 1 aromatic rings. The molecule has 0 aliphatic carbocycles. The first-order valence-electron chi connectivity index (χ1n) is 7.62. The molecule has 0 aromatic heterocycles. The monoisotopic (exact) mass is 259 g/mol. The lowest BCUT2D eigenvalue weighted by atomic mass is 9.90. The van der Waals surface area contributed by atoms with Gasteiger partial charge in [-0.25, -0.2) is 0 Å². The number of nitrogens with zero attached hydrogens (tertiary/aromatic N) is 1. The smallest absolute Gasteiger partial charge is 0.122 e. The number of rotatable bonds is 3. The van der Waals surface area contributed by atoms with Crippen LogP contribution in [0.15, 0.2) is 18.2 Å². The van der Waals surface area contributed by atoms with Crippen LogP contribution in [0.5, 0.6) is 5.75 Å². The molecule has 1 aromatic carbocycles. The molecule has 1 fully saturated rings. The lowest BCUT2D eigenvalue weighted by Gasteiger charge is -2.22. The van der Waals surface area contributed by atoms with E-state index in [1.54, 1.807) is 0 Å². The van der Waals surface area contributed by atoms with Crippen molar-refractivity contribution in [3.63, 3.8) is 0 Å². The molecule has 0 amide bonds. The van der Waals surface area contributed by atoms with E-state index in [2.05, 4.69) is 44.0 Å². The van der Waals surface area contributed by atoms with Gasteiger partial charge in [-0.1, -0.05) is 26.0 Å². The topological polar surface area (TPSA) is 12.5 Å². The minimum Gasteiger partial charge on any atom is -0.493 e. The van der Waals surface area contributed by atoms with E-state index in [-0.39, 0.29) is 0 Å². The molecule has 2 aliphatic rings. The molecule has 0 radical (unpaired) electrons. The van der Waals surface area contributed by atoms with E-state index in [1.165, 1.54) is 36.9 Å². The van der Waals surface area contributed by atoms with Crippen LogP contribution in [0.4, 0.5) is 0 Å². The van der Waals surface area contributed by atoms with Crippen LogP contribution >= 0.6 is 0 Å². The van der Waals surface area contributed by atoms with Gasteiger partial charge in [-0.3, -0.25) is 0 Å². The SMILES string of the molecule is CC(C)c1ccc2c(c1)C(C[C@H]1CCCN1C)CO2. The zero-order chi connectivity index (χ0) is 13.4. The predicted molar refractivity (Wildman–Crippen MR) is 79.0 cm³/mol. The first-order chi connectivity index (χ1) is 9.15. The van der Waals surface area contributed by atoms with Crippen molar-refractivity contribution in [3.8, 4) is 5.75 Å². The third-order valence-electron chi connectivity index (χ3n) is 4.81. The Labute approximate surface area is 116 Å². The molecular weight excluding hydrogens is 234 g/mol. The van der Waals surface area contributed by atoms with E-state index in [0.717, 1.165) is 18.4 Å². The fraction of sp³-hybridized carbons (Fsp3) is 0.647.